The van der Waals surface area contributed by atoms with Crippen molar-refractivity contribution >= 4 is 23.4 Å². The van der Waals surface area contributed by atoms with Crippen LogP contribution in [0, 0.1) is 5.82 Å². The number of amides is 2. The van der Waals surface area contributed by atoms with Gasteiger partial charge < -0.3 is 9.80 Å². The Morgan fingerprint density at radius 1 is 0.967 bits per heavy atom. The molecule has 0 unspecified atom stereocenters. The Balaban J connectivity index is 1.35. The van der Waals surface area contributed by atoms with E-state index in [0.29, 0.717) is 38.3 Å². The maximum atomic E-state index is 13.2. The molecule has 0 radical (unpaired) electrons. The van der Waals surface area contributed by atoms with Crippen LogP contribution in [0.25, 0.3) is 0 Å². The van der Waals surface area contributed by atoms with Crippen LogP contribution in [0.15, 0.2) is 55.1 Å². The molecule has 0 spiro atoms. The van der Waals surface area contributed by atoms with Crippen molar-refractivity contribution < 1.29 is 14.0 Å². The Kier molecular flexibility index (Phi) is 5.76. The van der Waals surface area contributed by atoms with Crippen LogP contribution in [-0.2, 0) is 6.54 Å². The van der Waals surface area contributed by atoms with E-state index in [1.54, 1.807) is 32.9 Å². The van der Waals surface area contributed by atoms with E-state index < -0.39 is 5.82 Å². The zero-order chi connectivity index (χ0) is 21.1. The zero-order valence-electron chi connectivity index (χ0n) is 16.0. The number of carbonyl (C=O) groups excluding carboxylic acids is 2. The van der Waals surface area contributed by atoms with Crippen LogP contribution in [0.5, 0.6) is 0 Å². The summed E-state index contributed by atoms with van der Waals surface area (Å²) in [5, 5.41) is 4.15. The fourth-order valence-corrected chi connectivity index (χ4v) is 3.63. The molecule has 3 aromatic rings. The van der Waals surface area contributed by atoms with Crippen LogP contribution in [0.3, 0.4) is 0 Å². The lowest BCUT2D eigenvalue weighted by molar-refractivity contribution is 0.0535. The number of hydrogen-bond acceptors (Lipinski definition) is 4. The Bertz CT molecular complexity index is 1050. The Hall–Kier alpha value is -3.26. The normalized spacial score (nSPS) is 14.1. The van der Waals surface area contributed by atoms with Gasteiger partial charge in [0.05, 0.1) is 17.1 Å². The van der Waals surface area contributed by atoms with Crippen molar-refractivity contribution in [2.45, 2.75) is 6.54 Å². The minimum absolute atomic E-state index is 0.0748. The summed E-state index contributed by atoms with van der Waals surface area (Å²) in [7, 11) is 0. The van der Waals surface area contributed by atoms with Gasteiger partial charge >= 0.3 is 0 Å². The molecule has 30 heavy (non-hydrogen) atoms. The first-order valence-electron chi connectivity index (χ1n) is 9.46. The van der Waals surface area contributed by atoms with Gasteiger partial charge in [0.2, 0.25) is 0 Å². The minimum Gasteiger partial charge on any atom is -0.335 e. The molecule has 1 aliphatic heterocycles. The molecular formula is C21H19ClFN5O2. The van der Waals surface area contributed by atoms with Crippen LogP contribution in [0.4, 0.5) is 4.39 Å². The van der Waals surface area contributed by atoms with E-state index in [2.05, 4.69) is 10.1 Å². The first-order valence-corrected chi connectivity index (χ1v) is 9.84. The van der Waals surface area contributed by atoms with Gasteiger partial charge in [-0.05, 0) is 35.9 Å². The number of aromatic nitrogens is 3. The SMILES string of the molecule is O=C(c1ccc(Cn2cncn2)cc1)N1CCN(C(=O)c2ccc(F)cc2Cl)CC1. The van der Waals surface area contributed by atoms with E-state index in [0.717, 1.165) is 11.6 Å². The second kappa shape index (κ2) is 8.62. The molecule has 9 heteroatoms. The van der Waals surface area contributed by atoms with Crippen molar-refractivity contribution in [3.05, 3.63) is 82.6 Å². The third-order valence-electron chi connectivity index (χ3n) is 5.03. The van der Waals surface area contributed by atoms with E-state index in [4.69, 9.17) is 11.6 Å². The summed E-state index contributed by atoms with van der Waals surface area (Å²) >= 11 is 6.00. The van der Waals surface area contributed by atoms with Gasteiger partial charge in [-0.25, -0.2) is 14.1 Å². The van der Waals surface area contributed by atoms with Crippen molar-refractivity contribution in [2.24, 2.45) is 0 Å². The van der Waals surface area contributed by atoms with Crippen LogP contribution in [0.1, 0.15) is 26.3 Å². The summed E-state index contributed by atoms with van der Waals surface area (Å²) in [4.78, 5) is 32.7. The van der Waals surface area contributed by atoms with Gasteiger partial charge in [-0.15, -0.1) is 0 Å². The van der Waals surface area contributed by atoms with Crippen LogP contribution in [-0.4, -0.2) is 62.6 Å². The number of benzene rings is 2. The van der Waals surface area contributed by atoms with E-state index in [9.17, 15) is 14.0 Å². The van der Waals surface area contributed by atoms with Crippen LogP contribution < -0.4 is 0 Å². The van der Waals surface area contributed by atoms with Crippen molar-refractivity contribution in [3.63, 3.8) is 0 Å². The Morgan fingerprint density at radius 3 is 2.23 bits per heavy atom. The van der Waals surface area contributed by atoms with Gasteiger partial charge in [0, 0.05) is 31.7 Å². The summed E-state index contributed by atoms with van der Waals surface area (Å²) in [6.07, 6.45) is 3.12. The summed E-state index contributed by atoms with van der Waals surface area (Å²) in [6.45, 7) is 2.21. The van der Waals surface area contributed by atoms with Crippen LogP contribution >= 0.6 is 11.6 Å². The quantitative estimate of drug-likeness (QED) is 0.642. The molecule has 0 N–H and O–H groups in total. The molecule has 0 aliphatic carbocycles. The molecule has 0 bridgehead atoms. The highest BCUT2D eigenvalue weighted by atomic mass is 35.5. The standard InChI is InChI=1S/C21H19ClFN5O2/c22-19-11-17(23)5-6-18(19)21(30)27-9-7-26(8-10-27)20(29)16-3-1-15(2-4-16)12-28-14-24-13-25-28/h1-6,11,13-14H,7-10,12H2. The predicted octanol–water partition coefficient (Wildman–Crippen LogP) is 2.72. The highest BCUT2D eigenvalue weighted by Gasteiger charge is 2.26. The smallest absolute Gasteiger partial charge is 0.255 e. The lowest BCUT2D eigenvalue weighted by Gasteiger charge is -2.35. The second-order valence-electron chi connectivity index (χ2n) is 7.00. The largest absolute Gasteiger partial charge is 0.335 e. The number of rotatable bonds is 4. The predicted molar refractivity (Wildman–Crippen MR) is 109 cm³/mol. The highest BCUT2D eigenvalue weighted by molar-refractivity contribution is 6.33. The molecule has 2 heterocycles. The molecule has 1 aromatic heterocycles. The van der Waals surface area contributed by atoms with Gasteiger partial charge in [0.25, 0.3) is 11.8 Å². The maximum absolute atomic E-state index is 13.2. The topological polar surface area (TPSA) is 71.3 Å². The zero-order valence-corrected chi connectivity index (χ0v) is 16.8. The highest BCUT2D eigenvalue weighted by Crippen LogP contribution is 2.20. The summed E-state index contributed by atoms with van der Waals surface area (Å²) in [6, 6.07) is 11.1. The molecule has 154 valence electrons. The van der Waals surface area contributed by atoms with Crippen molar-refractivity contribution in [3.8, 4) is 0 Å². The average Bonchev–Trinajstić information content (AvgIpc) is 3.26. The van der Waals surface area contributed by atoms with E-state index in [-0.39, 0.29) is 22.4 Å². The first kappa shape index (κ1) is 20.0. The van der Waals surface area contributed by atoms with Gasteiger partial charge in [0.1, 0.15) is 18.5 Å². The molecule has 2 aromatic carbocycles. The number of nitrogens with zero attached hydrogens (tertiary/aromatic N) is 5. The van der Waals surface area contributed by atoms with Crippen molar-refractivity contribution in [1.29, 1.82) is 0 Å². The molecule has 1 saturated heterocycles. The summed E-state index contributed by atoms with van der Waals surface area (Å²) < 4.78 is 14.9. The molecule has 4 rings (SSSR count). The number of halogens is 2. The molecule has 1 aliphatic rings. The summed E-state index contributed by atoms with van der Waals surface area (Å²) in [5.41, 5.74) is 1.88. The molecule has 7 nitrogen and oxygen atoms in total. The van der Waals surface area contributed by atoms with Crippen molar-refractivity contribution in [1.82, 2.24) is 24.6 Å². The third kappa shape index (κ3) is 4.33. The third-order valence-corrected chi connectivity index (χ3v) is 5.34. The van der Waals surface area contributed by atoms with Gasteiger partial charge in [-0.2, -0.15) is 5.10 Å². The maximum Gasteiger partial charge on any atom is 0.255 e. The second-order valence-corrected chi connectivity index (χ2v) is 7.41. The van der Waals surface area contributed by atoms with Crippen LogP contribution in [0.2, 0.25) is 5.02 Å². The minimum atomic E-state index is -0.487. The lowest BCUT2D eigenvalue weighted by Crippen LogP contribution is -2.50. The first-order chi connectivity index (χ1) is 14.5. The molecule has 2 amide bonds. The van der Waals surface area contributed by atoms with Gasteiger partial charge in [-0.3, -0.25) is 9.59 Å². The van der Waals surface area contributed by atoms with Gasteiger partial charge in [0.15, 0.2) is 0 Å². The molecule has 1 fully saturated rings. The Morgan fingerprint density at radius 2 is 1.63 bits per heavy atom. The lowest BCUT2D eigenvalue weighted by atomic mass is 10.1. The number of carbonyl (C=O) groups is 2. The monoisotopic (exact) mass is 427 g/mol. The summed E-state index contributed by atoms with van der Waals surface area (Å²) in [5.74, 6) is -0.821. The molecule has 0 atom stereocenters. The van der Waals surface area contributed by atoms with E-state index in [1.165, 1.54) is 18.5 Å². The molecular weight excluding hydrogens is 409 g/mol. The van der Waals surface area contributed by atoms with E-state index >= 15 is 0 Å². The average molecular weight is 428 g/mol. The fourth-order valence-electron chi connectivity index (χ4n) is 3.38. The van der Waals surface area contributed by atoms with Gasteiger partial charge in [-0.1, -0.05) is 23.7 Å². The number of piperazine rings is 1. The Labute approximate surface area is 177 Å². The fraction of sp³-hybridized carbons (Fsp3) is 0.238. The molecule has 0 saturated carbocycles. The van der Waals surface area contributed by atoms with Crippen molar-refractivity contribution in [2.75, 3.05) is 26.2 Å². The number of hydrogen-bond donors (Lipinski definition) is 0. The van der Waals surface area contributed by atoms with E-state index in [1.807, 2.05) is 12.1 Å².